The van der Waals surface area contributed by atoms with Gasteiger partial charge in [-0.15, -0.1) is 0 Å². The van der Waals surface area contributed by atoms with Crippen molar-refractivity contribution in [1.82, 2.24) is 4.40 Å². The van der Waals surface area contributed by atoms with Gasteiger partial charge in [0.25, 0.3) is 5.56 Å². The van der Waals surface area contributed by atoms with Crippen molar-refractivity contribution in [3.8, 4) is 0 Å². The molecule has 0 radical (unpaired) electrons. The van der Waals surface area contributed by atoms with Gasteiger partial charge in [0.1, 0.15) is 5.56 Å². The highest BCUT2D eigenvalue weighted by Gasteiger charge is 2.55. The van der Waals surface area contributed by atoms with E-state index in [0.29, 0.717) is 29.4 Å². The maximum atomic E-state index is 15.1. The summed E-state index contributed by atoms with van der Waals surface area (Å²) in [5.41, 5.74) is 7.79. The summed E-state index contributed by atoms with van der Waals surface area (Å²) in [6.07, 6.45) is 5.05. The number of halogens is 1. The van der Waals surface area contributed by atoms with Gasteiger partial charge in [-0.3, -0.25) is 9.20 Å². The van der Waals surface area contributed by atoms with Crippen molar-refractivity contribution in [3.63, 3.8) is 0 Å². The zero-order valence-corrected chi connectivity index (χ0v) is 15.2. The third-order valence-electron chi connectivity index (χ3n) is 6.69. The monoisotopic (exact) mass is 371 g/mol. The second-order valence-corrected chi connectivity index (χ2v) is 8.46. The van der Waals surface area contributed by atoms with Gasteiger partial charge in [0.15, 0.2) is 5.82 Å². The predicted molar refractivity (Wildman–Crippen MR) is 99.2 cm³/mol. The predicted octanol–water partition coefficient (Wildman–Crippen LogP) is 2.25. The zero-order valence-electron chi connectivity index (χ0n) is 15.2. The molecule has 6 rings (SSSR count). The second-order valence-electron chi connectivity index (χ2n) is 8.46. The quantitative estimate of drug-likeness (QED) is 0.861. The molecular formula is C20H22FN3O3. The fraction of sp³-hybridized carbons (Fsp3) is 0.500. The Morgan fingerprint density at radius 2 is 2.11 bits per heavy atom. The van der Waals surface area contributed by atoms with Gasteiger partial charge in [-0.2, -0.15) is 0 Å². The van der Waals surface area contributed by atoms with Gasteiger partial charge in [0, 0.05) is 18.0 Å². The Morgan fingerprint density at radius 1 is 1.41 bits per heavy atom. The number of nitrogens with zero attached hydrogens (tertiary/aromatic N) is 2. The van der Waals surface area contributed by atoms with Crippen LogP contribution in [-0.4, -0.2) is 34.6 Å². The van der Waals surface area contributed by atoms with E-state index in [0.717, 1.165) is 37.8 Å². The Bertz CT molecular complexity index is 1050. The van der Waals surface area contributed by atoms with E-state index in [4.69, 9.17) is 5.73 Å². The Balaban J connectivity index is 1.76. The molecule has 4 heterocycles. The van der Waals surface area contributed by atoms with E-state index in [2.05, 4.69) is 4.90 Å². The Hall–Kier alpha value is -2.41. The normalized spacial score (nSPS) is 26.5. The Kier molecular flexibility index (Phi) is 3.30. The van der Waals surface area contributed by atoms with Crippen molar-refractivity contribution < 1.29 is 14.3 Å². The number of anilines is 1. The molecular weight excluding hydrogens is 349 g/mol. The molecule has 3 N–H and O–H groups in total. The van der Waals surface area contributed by atoms with Crippen molar-refractivity contribution in [2.45, 2.75) is 44.6 Å². The smallest absolute Gasteiger partial charge is 0.341 e. The van der Waals surface area contributed by atoms with Gasteiger partial charge < -0.3 is 15.7 Å². The number of nitrogens with two attached hydrogens (primary N) is 1. The lowest BCUT2D eigenvalue weighted by atomic mass is 9.70. The highest BCUT2D eigenvalue weighted by molar-refractivity contribution is 5.89. The third kappa shape index (κ3) is 2.21. The molecule has 7 heteroatoms. The molecule has 2 aliphatic heterocycles. The van der Waals surface area contributed by atoms with Crippen molar-refractivity contribution in [2.75, 3.05) is 18.0 Å². The highest BCUT2D eigenvalue weighted by Crippen LogP contribution is 2.54. The summed E-state index contributed by atoms with van der Waals surface area (Å²) in [5.74, 6) is -1.52. The minimum absolute atomic E-state index is 0.0851. The van der Waals surface area contributed by atoms with Crippen LogP contribution in [0.2, 0.25) is 0 Å². The van der Waals surface area contributed by atoms with Crippen molar-refractivity contribution in [1.29, 1.82) is 0 Å². The number of carboxylic acid groups (broad SMARTS) is 1. The van der Waals surface area contributed by atoms with Crippen molar-refractivity contribution in [3.05, 3.63) is 45.1 Å². The Morgan fingerprint density at radius 3 is 2.67 bits per heavy atom. The summed E-state index contributed by atoms with van der Waals surface area (Å²) in [5, 5.41) is 9.39. The van der Waals surface area contributed by atoms with Gasteiger partial charge in [-0.05, 0) is 62.3 Å². The van der Waals surface area contributed by atoms with E-state index in [1.807, 2.05) is 6.92 Å². The van der Waals surface area contributed by atoms with Crippen LogP contribution in [0.5, 0.6) is 0 Å². The zero-order chi connectivity index (χ0) is 19.1. The molecule has 2 saturated heterocycles. The van der Waals surface area contributed by atoms with Gasteiger partial charge in [0.2, 0.25) is 0 Å². The van der Waals surface area contributed by atoms with Gasteiger partial charge in [0.05, 0.1) is 17.4 Å². The molecule has 6 nitrogen and oxygen atoms in total. The van der Waals surface area contributed by atoms with E-state index >= 15 is 4.39 Å². The van der Waals surface area contributed by atoms with Crippen LogP contribution in [0.3, 0.4) is 0 Å². The number of rotatable bonds is 4. The largest absolute Gasteiger partial charge is 0.477 e. The Labute approximate surface area is 155 Å². The van der Waals surface area contributed by atoms with E-state index in [1.165, 1.54) is 16.7 Å². The number of carboxylic acids is 1. The molecule has 2 bridgehead atoms. The number of carbonyl (C=O) groups is 1. The van der Waals surface area contributed by atoms with Gasteiger partial charge in [-0.25, -0.2) is 9.18 Å². The standard InChI is InChI=1S/C20H22FN3O3/c1-10-16-13(11-2-3-11)4-14(19(26)27)18(25)23(16)7-15(21)17(10)24-9-20(8-22)5-12(24)6-20/h4,7,11-12H,2-3,5-6,8-9,22H2,1H3,(H,26,27). The van der Waals surface area contributed by atoms with Gasteiger partial charge >= 0.3 is 5.97 Å². The van der Waals surface area contributed by atoms with E-state index in [-0.39, 0.29) is 16.9 Å². The van der Waals surface area contributed by atoms with Crippen LogP contribution in [0, 0.1) is 18.2 Å². The molecule has 142 valence electrons. The summed E-state index contributed by atoms with van der Waals surface area (Å²) in [6.45, 7) is 3.17. The molecule has 27 heavy (non-hydrogen) atoms. The molecule has 4 fully saturated rings. The molecule has 0 amide bonds. The van der Waals surface area contributed by atoms with Crippen molar-refractivity contribution in [2.24, 2.45) is 11.1 Å². The first-order valence-electron chi connectivity index (χ1n) is 9.43. The fourth-order valence-electron chi connectivity index (χ4n) is 5.13. The minimum Gasteiger partial charge on any atom is -0.477 e. The van der Waals surface area contributed by atoms with E-state index < -0.39 is 17.3 Å². The third-order valence-corrected chi connectivity index (χ3v) is 6.69. The van der Waals surface area contributed by atoms with E-state index in [9.17, 15) is 14.7 Å². The maximum absolute atomic E-state index is 15.1. The molecule has 4 aliphatic rings. The SMILES string of the molecule is Cc1c(N2CC3(CN)CC2C3)c(F)cn2c(=O)c(C(=O)O)cc(C3CC3)c12. The number of aromatic nitrogens is 1. The summed E-state index contributed by atoms with van der Waals surface area (Å²) >= 11 is 0. The first kappa shape index (κ1) is 16.7. The summed E-state index contributed by atoms with van der Waals surface area (Å²) in [7, 11) is 0. The molecule has 0 atom stereocenters. The lowest BCUT2D eigenvalue weighted by Gasteiger charge is -2.36. The highest BCUT2D eigenvalue weighted by atomic mass is 19.1. The number of pyridine rings is 2. The first-order valence-corrected chi connectivity index (χ1v) is 9.43. The van der Waals surface area contributed by atoms with Crippen LogP contribution in [0.4, 0.5) is 10.1 Å². The van der Waals surface area contributed by atoms with Crippen LogP contribution in [-0.2, 0) is 0 Å². The van der Waals surface area contributed by atoms with Crippen molar-refractivity contribution >= 4 is 17.2 Å². The fourth-order valence-corrected chi connectivity index (χ4v) is 5.13. The number of hydrogen-bond donors (Lipinski definition) is 2. The topological polar surface area (TPSA) is 88.0 Å². The van der Waals surface area contributed by atoms with Gasteiger partial charge in [-0.1, -0.05) is 0 Å². The molecule has 0 spiro atoms. The number of aromatic carboxylic acids is 1. The maximum Gasteiger partial charge on any atom is 0.341 e. The average Bonchev–Trinajstić information content (AvgIpc) is 3.28. The molecule has 2 aromatic heterocycles. The summed E-state index contributed by atoms with van der Waals surface area (Å²) in [6, 6.07) is 1.79. The molecule has 2 saturated carbocycles. The molecule has 2 aliphatic carbocycles. The van der Waals surface area contributed by atoms with E-state index in [1.54, 1.807) is 0 Å². The van der Waals surface area contributed by atoms with Crippen LogP contribution >= 0.6 is 0 Å². The number of hydrogen-bond acceptors (Lipinski definition) is 4. The number of aryl methyl sites for hydroxylation is 1. The first-order chi connectivity index (χ1) is 12.8. The lowest BCUT2D eigenvalue weighted by Crippen LogP contribution is -2.40. The summed E-state index contributed by atoms with van der Waals surface area (Å²) < 4.78 is 16.3. The minimum atomic E-state index is -1.27. The molecule has 0 aromatic carbocycles. The summed E-state index contributed by atoms with van der Waals surface area (Å²) in [4.78, 5) is 26.3. The van der Waals surface area contributed by atoms with Crippen LogP contribution in [0.15, 0.2) is 17.1 Å². The second kappa shape index (κ2) is 5.32. The number of fused-ring (bicyclic) bond motifs is 2. The molecule has 2 aromatic rings. The average molecular weight is 371 g/mol. The van der Waals surface area contributed by atoms with Crippen LogP contribution in [0.1, 0.15) is 53.1 Å². The van der Waals surface area contributed by atoms with Crippen LogP contribution < -0.4 is 16.2 Å². The lowest BCUT2D eigenvalue weighted by molar-refractivity contribution is 0.0694. The molecule has 0 unspecified atom stereocenters. The van der Waals surface area contributed by atoms with Crippen LogP contribution in [0.25, 0.3) is 5.52 Å².